The van der Waals surface area contributed by atoms with E-state index in [1.54, 1.807) is 11.3 Å². The van der Waals surface area contributed by atoms with E-state index < -0.39 is 0 Å². The van der Waals surface area contributed by atoms with Crippen molar-refractivity contribution >= 4 is 45.8 Å². The smallest absolute Gasteiger partial charge is 0.105 e. The summed E-state index contributed by atoms with van der Waals surface area (Å²) in [6.07, 6.45) is 0.837. The van der Waals surface area contributed by atoms with Crippen LogP contribution in [0.1, 0.15) is 88.2 Å². The SMILES string of the molecule is CC.CC/C(c1ccc(C(C)(C)C)s1)=c1/nc(-c2ccccc2)c(-c2ccccc2)n/c1=C(/S)c1ccc(C(C)(C)C)s1. The molecule has 2 nitrogen and oxygen atoms in total. The molecule has 224 valence electrons. The van der Waals surface area contributed by atoms with Gasteiger partial charge in [-0.2, -0.15) is 0 Å². The van der Waals surface area contributed by atoms with Gasteiger partial charge in [0.1, 0.15) is 5.35 Å². The zero-order valence-electron chi connectivity index (χ0n) is 26.9. The molecule has 0 aliphatic rings. The van der Waals surface area contributed by atoms with Crippen LogP contribution in [0, 0.1) is 0 Å². The van der Waals surface area contributed by atoms with E-state index >= 15 is 0 Å². The molecule has 0 aliphatic heterocycles. The fourth-order valence-electron chi connectivity index (χ4n) is 4.75. The largest absolute Gasteiger partial charge is 0.243 e. The van der Waals surface area contributed by atoms with Gasteiger partial charge in [-0.3, -0.25) is 0 Å². The van der Waals surface area contributed by atoms with Crippen LogP contribution in [0.3, 0.4) is 0 Å². The summed E-state index contributed by atoms with van der Waals surface area (Å²) in [7, 11) is 0. The van der Waals surface area contributed by atoms with Crippen LogP contribution in [0.25, 0.3) is 33.0 Å². The molecule has 2 aromatic carbocycles. The first-order valence-electron chi connectivity index (χ1n) is 15.1. The molecule has 0 fully saturated rings. The Hall–Kier alpha value is -2.99. The number of aromatic nitrogens is 2. The lowest BCUT2D eigenvalue weighted by Gasteiger charge is -2.15. The average Bonchev–Trinajstić information content (AvgIpc) is 3.70. The number of hydrogen-bond donors (Lipinski definition) is 1. The summed E-state index contributed by atoms with van der Waals surface area (Å²) < 4.78 is 0. The van der Waals surface area contributed by atoms with Crippen molar-refractivity contribution < 1.29 is 0 Å². The molecule has 0 radical (unpaired) electrons. The van der Waals surface area contributed by atoms with Gasteiger partial charge in [0.15, 0.2) is 0 Å². The van der Waals surface area contributed by atoms with Crippen LogP contribution >= 0.6 is 35.3 Å². The fraction of sp³-hybridized carbons (Fsp3) is 0.316. The van der Waals surface area contributed by atoms with Gasteiger partial charge in [-0.05, 0) is 47.1 Å². The van der Waals surface area contributed by atoms with Crippen molar-refractivity contribution in [1.82, 2.24) is 9.97 Å². The molecule has 3 heterocycles. The molecule has 0 aliphatic carbocycles. The van der Waals surface area contributed by atoms with Gasteiger partial charge in [0, 0.05) is 35.5 Å². The quantitative estimate of drug-likeness (QED) is 0.197. The highest BCUT2D eigenvalue weighted by atomic mass is 32.1. The Bertz CT molecular complexity index is 1780. The zero-order valence-corrected chi connectivity index (χ0v) is 29.5. The maximum atomic E-state index is 5.48. The predicted molar refractivity (Wildman–Crippen MR) is 194 cm³/mol. The first-order chi connectivity index (χ1) is 20.5. The van der Waals surface area contributed by atoms with Crippen molar-refractivity contribution in [3.8, 4) is 22.5 Å². The molecule has 5 rings (SSSR count). The van der Waals surface area contributed by atoms with Crippen LogP contribution in [-0.4, -0.2) is 9.97 Å². The van der Waals surface area contributed by atoms with Gasteiger partial charge < -0.3 is 0 Å². The Kier molecular flexibility index (Phi) is 10.5. The minimum absolute atomic E-state index is 0.0683. The van der Waals surface area contributed by atoms with Crippen LogP contribution in [0.15, 0.2) is 84.9 Å². The van der Waals surface area contributed by atoms with Gasteiger partial charge in [0.05, 0.1) is 16.7 Å². The average molecular weight is 625 g/mol. The van der Waals surface area contributed by atoms with Crippen molar-refractivity contribution in [3.05, 3.63) is 115 Å². The molecule has 43 heavy (non-hydrogen) atoms. The molecule has 0 bridgehead atoms. The van der Waals surface area contributed by atoms with E-state index in [1.807, 2.05) is 37.3 Å². The first kappa shape index (κ1) is 32.9. The lowest BCUT2D eigenvalue weighted by atomic mass is 9.95. The van der Waals surface area contributed by atoms with Crippen molar-refractivity contribution in [2.75, 3.05) is 0 Å². The van der Waals surface area contributed by atoms with Gasteiger partial charge in [0.2, 0.25) is 0 Å². The molecule has 0 unspecified atom stereocenters. The predicted octanol–water partition coefficient (Wildman–Crippen LogP) is 10.3. The number of benzene rings is 2. The van der Waals surface area contributed by atoms with Crippen molar-refractivity contribution in [3.63, 3.8) is 0 Å². The van der Waals surface area contributed by atoms with E-state index in [0.717, 1.165) is 49.4 Å². The second-order valence-corrected chi connectivity index (χ2v) is 15.0. The summed E-state index contributed by atoms with van der Waals surface area (Å²) in [6.45, 7) is 19.8. The van der Waals surface area contributed by atoms with Crippen LogP contribution in [-0.2, 0) is 10.8 Å². The van der Waals surface area contributed by atoms with Gasteiger partial charge in [-0.25, -0.2) is 9.97 Å². The Morgan fingerprint density at radius 3 is 1.44 bits per heavy atom. The summed E-state index contributed by atoms with van der Waals surface area (Å²) in [5, 5.41) is 1.74. The zero-order chi connectivity index (χ0) is 31.4. The second kappa shape index (κ2) is 13.8. The van der Waals surface area contributed by atoms with E-state index in [2.05, 4.69) is 121 Å². The number of thiophene rings is 2. The molecule has 0 amide bonds. The normalized spacial score (nSPS) is 13.3. The highest BCUT2D eigenvalue weighted by Gasteiger charge is 2.21. The lowest BCUT2D eigenvalue weighted by Crippen LogP contribution is -2.36. The van der Waals surface area contributed by atoms with E-state index in [1.165, 1.54) is 20.2 Å². The van der Waals surface area contributed by atoms with Crippen molar-refractivity contribution in [2.45, 2.75) is 79.6 Å². The van der Waals surface area contributed by atoms with Gasteiger partial charge in [0.25, 0.3) is 0 Å². The summed E-state index contributed by atoms with van der Waals surface area (Å²) in [5.41, 5.74) is 5.20. The van der Waals surface area contributed by atoms with Gasteiger partial charge >= 0.3 is 0 Å². The third kappa shape index (κ3) is 7.39. The van der Waals surface area contributed by atoms with Crippen LogP contribution in [0.5, 0.6) is 0 Å². The lowest BCUT2D eigenvalue weighted by molar-refractivity contribution is 0.603. The van der Waals surface area contributed by atoms with E-state index in [4.69, 9.17) is 22.6 Å². The van der Waals surface area contributed by atoms with Crippen LogP contribution in [0.4, 0.5) is 0 Å². The molecule has 3 aromatic heterocycles. The molecular weight excluding hydrogens is 581 g/mol. The monoisotopic (exact) mass is 624 g/mol. The third-order valence-electron chi connectivity index (χ3n) is 7.08. The van der Waals surface area contributed by atoms with E-state index in [9.17, 15) is 0 Å². The summed E-state index contributed by atoms with van der Waals surface area (Å²) in [4.78, 5) is 16.8. The number of hydrogen-bond acceptors (Lipinski definition) is 5. The second-order valence-electron chi connectivity index (χ2n) is 12.4. The minimum Gasteiger partial charge on any atom is -0.243 e. The third-order valence-corrected chi connectivity index (χ3v) is 10.8. The Balaban J connectivity index is 0.00000207. The van der Waals surface area contributed by atoms with Crippen LogP contribution in [0.2, 0.25) is 0 Å². The minimum atomic E-state index is 0.0683. The first-order valence-corrected chi connectivity index (χ1v) is 17.2. The highest BCUT2D eigenvalue weighted by Crippen LogP contribution is 2.35. The standard InChI is InChI=1S/C36H38N2S3.C2H6/c1-8-25(26-19-21-28(40-26)35(2,3)4)32-33(34(39)27-20-22-29(41-27)36(5,6)7)38-31(24-17-13-10-14-18-24)30(37-32)23-15-11-9-12-16-23;1-2/h9-22,39H,8H2,1-7H3;1-2H3/b32-25-,34-33+;. The maximum Gasteiger partial charge on any atom is 0.105 e. The molecule has 0 saturated carbocycles. The Morgan fingerprint density at radius 2 is 1.02 bits per heavy atom. The number of nitrogens with zero attached hydrogens (tertiary/aromatic N) is 2. The molecular formula is C38H44N2S3. The van der Waals surface area contributed by atoms with E-state index in [0.29, 0.717) is 0 Å². The molecule has 0 N–H and O–H groups in total. The highest BCUT2D eigenvalue weighted by molar-refractivity contribution is 7.90. The summed E-state index contributed by atoms with van der Waals surface area (Å²) in [6, 6.07) is 29.7. The number of thiol groups is 1. The Labute approximate surface area is 271 Å². The van der Waals surface area contributed by atoms with Crippen LogP contribution < -0.4 is 10.7 Å². The molecule has 0 saturated heterocycles. The molecule has 0 atom stereocenters. The maximum absolute atomic E-state index is 5.48. The topological polar surface area (TPSA) is 25.8 Å². The summed E-state index contributed by atoms with van der Waals surface area (Å²) >= 11 is 8.83. The fourth-order valence-corrected chi connectivity index (χ4v) is 7.31. The van der Waals surface area contributed by atoms with Crippen molar-refractivity contribution in [2.24, 2.45) is 0 Å². The van der Waals surface area contributed by atoms with Gasteiger partial charge in [-0.1, -0.05) is 123 Å². The Morgan fingerprint density at radius 1 is 0.605 bits per heavy atom. The number of rotatable bonds is 5. The van der Waals surface area contributed by atoms with Crippen molar-refractivity contribution in [1.29, 1.82) is 0 Å². The summed E-state index contributed by atoms with van der Waals surface area (Å²) in [5.74, 6) is 0. The van der Waals surface area contributed by atoms with Gasteiger partial charge in [-0.15, -0.1) is 35.3 Å². The molecule has 5 aromatic rings. The molecule has 5 heteroatoms. The van der Waals surface area contributed by atoms with E-state index in [-0.39, 0.29) is 10.8 Å². The molecule has 0 spiro atoms.